The summed E-state index contributed by atoms with van der Waals surface area (Å²) in [6.07, 6.45) is 1.93. The molecule has 3 aromatic carbocycles. The fourth-order valence-electron chi connectivity index (χ4n) is 4.88. The standard InChI is InChI=1S/C35H39N5O3/c1-24-12-13-28(25(2)20-24)23-40-32(21-26(3)33(36-4)34(40)41)27-14-16-30(17-15-27)43-31-11-9-10-29(22-31)38-35(42)37-18-7-8-19-39(5)6/h9-17,20-22H,7-8,18-19,23H2,1-3,5-6H3,(H2,37,38,42). The van der Waals surface area contributed by atoms with Crippen molar-refractivity contribution in [1.29, 1.82) is 0 Å². The molecule has 4 rings (SSSR count). The third-order valence-corrected chi connectivity index (χ3v) is 7.20. The molecule has 1 aromatic heterocycles. The van der Waals surface area contributed by atoms with Crippen molar-refractivity contribution in [1.82, 2.24) is 14.8 Å². The molecule has 0 saturated heterocycles. The van der Waals surface area contributed by atoms with Crippen LogP contribution < -0.4 is 20.9 Å². The molecule has 4 aromatic rings. The van der Waals surface area contributed by atoms with Gasteiger partial charge in [-0.3, -0.25) is 4.79 Å². The first-order valence-electron chi connectivity index (χ1n) is 14.4. The number of carbonyl (C=O) groups is 1. The molecule has 8 heteroatoms. The maximum Gasteiger partial charge on any atom is 0.319 e. The molecule has 2 amide bonds. The Morgan fingerprint density at radius 1 is 0.930 bits per heavy atom. The average molecular weight is 578 g/mol. The van der Waals surface area contributed by atoms with Gasteiger partial charge in [-0.2, -0.15) is 0 Å². The number of carbonyl (C=O) groups excluding carboxylic acids is 1. The van der Waals surface area contributed by atoms with Crippen molar-refractivity contribution in [3.8, 4) is 22.8 Å². The highest BCUT2D eigenvalue weighted by atomic mass is 16.5. The number of hydrogen-bond acceptors (Lipinski definition) is 4. The Kier molecular flexibility index (Phi) is 10.4. The molecular weight excluding hydrogens is 538 g/mol. The molecule has 43 heavy (non-hydrogen) atoms. The number of hydrogen-bond donors (Lipinski definition) is 2. The second-order valence-corrected chi connectivity index (χ2v) is 11.0. The fourth-order valence-corrected chi connectivity index (χ4v) is 4.88. The van der Waals surface area contributed by atoms with E-state index in [9.17, 15) is 9.59 Å². The van der Waals surface area contributed by atoms with Gasteiger partial charge in [0.1, 0.15) is 11.5 Å². The zero-order valence-corrected chi connectivity index (χ0v) is 25.5. The summed E-state index contributed by atoms with van der Waals surface area (Å²) in [5.41, 5.74) is 5.98. The Balaban J connectivity index is 1.49. The lowest BCUT2D eigenvalue weighted by atomic mass is 10.0. The fraction of sp³-hybridized carbons (Fsp3) is 0.286. The SMILES string of the molecule is [C-]#[N+]c1c(C)cc(-c2ccc(Oc3cccc(NC(=O)NCCCCN(C)C)c3)cc2)n(Cc2ccc(C)cc2C)c1=O. The number of urea groups is 1. The molecule has 8 nitrogen and oxygen atoms in total. The van der Waals surface area contributed by atoms with E-state index in [0.29, 0.717) is 35.8 Å². The minimum Gasteiger partial charge on any atom is -0.457 e. The number of ether oxygens (including phenoxy) is 1. The van der Waals surface area contributed by atoms with Crippen LogP contribution in [-0.2, 0) is 6.54 Å². The minimum atomic E-state index is -0.299. The Labute approximate surface area is 253 Å². The number of aryl methyl sites for hydroxylation is 3. The topological polar surface area (TPSA) is 80.0 Å². The van der Waals surface area contributed by atoms with Crippen LogP contribution in [0.5, 0.6) is 11.5 Å². The van der Waals surface area contributed by atoms with Crippen molar-refractivity contribution < 1.29 is 9.53 Å². The Morgan fingerprint density at radius 2 is 1.70 bits per heavy atom. The Hall–Kier alpha value is -4.87. The highest BCUT2D eigenvalue weighted by Crippen LogP contribution is 2.29. The molecule has 0 aliphatic rings. The van der Waals surface area contributed by atoms with E-state index in [1.165, 1.54) is 0 Å². The van der Waals surface area contributed by atoms with Gasteiger partial charge >= 0.3 is 6.03 Å². The molecule has 0 aliphatic heterocycles. The monoisotopic (exact) mass is 577 g/mol. The van der Waals surface area contributed by atoms with Crippen LogP contribution in [0.25, 0.3) is 16.1 Å². The van der Waals surface area contributed by atoms with Gasteiger partial charge < -0.3 is 24.8 Å². The van der Waals surface area contributed by atoms with E-state index < -0.39 is 0 Å². The number of benzene rings is 3. The van der Waals surface area contributed by atoms with Gasteiger partial charge in [0.25, 0.3) is 11.2 Å². The molecule has 0 bridgehead atoms. The van der Waals surface area contributed by atoms with Gasteiger partial charge in [-0.15, -0.1) is 0 Å². The van der Waals surface area contributed by atoms with Crippen LogP contribution in [-0.4, -0.2) is 42.7 Å². The zero-order chi connectivity index (χ0) is 30.9. The van der Waals surface area contributed by atoms with Crippen LogP contribution in [0.15, 0.2) is 77.6 Å². The minimum absolute atomic E-state index is 0.139. The van der Waals surface area contributed by atoms with Crippen LogP contribution in [0.1, 0.15) is 35.1 Å². The summed E-state index contributed by atoms with van der Waals surface area (Å²) < 4.78 is 7.76. The molecular formula is C35H39N5O3. The predicted molar refractivity (Wildman–Crippen MR) is 173 cm³/mol. The van der Waals surface area contributed by atoms with Gasteiger partial charge in [-0.25, -0.2) is 9.64 Å². The summed E-state index contributed by atoms with van der Waals surface area (Å²) in [6, 6.07) is 22.6. The van der Waals surface area contributed by atoms with Gasteiger partial charge in [0.15, 0.2) is 0 Å². The van der Waals surface area contributed by atoms with Crippen molar-refractivity contribution in [2.24, 2.45) is 0 Å². The van der Waals surface area contributed by atoms with E-state index in [-0.39, 0.29) is 17.3 Å². The van der Waals surface area contributed by atoms with Gasteiger partial charge in [0, 0.05) is 24.0 Å². The molecule has 2 N–H and O–H groups in total. The second kappa shape index (κ2) is 14.3. The number of nitrogens with one attached hydrogen (secondary N) is 2. The van der Waals surface area contributed by atoms with Crippen molar-refractivity contribution in [3.05, 3.63) is 117 Å². The van der Waals surface area contributed by atoms with E-state index in [1.807, 2.05) is 88.6 Å². The van der Waals surface area contributed by atoms with Gasteiger partial charge in [0.05, 0.1) is 13.1 Å². The highest BCUT2D eigenvalue weighted by Gasteiger charge is 2.16. The number of unbranched alkanes of at least 4 members (excludes halogenated alkanes) is 1. The quantitative estimate of drug-likeness (QED) is 0.145. The average Bonchev–Trinajstić information content (AvgIpc) is 2.96. The van der Waals surface area contributed by atoms with E-state index in [0.717, 1.165) is 47.3 Å². The van der Waals surface area contributed by atoms with Crippen LogP contribution in [0.4, 0.5) is 16.2 Å². The van der Waals surface area contributed by atoms with Crippen molar-refractivity contribution >= 4 is 17.4 Å². The summed E-state index contributed by atoms with van der Waals surface area (Å²) in [5.74, 6) is 1.20. The first-order valence-corrected chi connectivity index (χ1v) is 14.4. The third-order valence-electron chi connectivity index (χ3n) is 7.20. The molecule has 1 heterocycles. The van der Waals surface area contributed by atoms with E-state index >= 15 is 0 Å². The van der Waals surface area contributed by atoms with Crippen LogP contribution in [0.3, 0.4) is 0 Å². The highest BCUT2D eigenvalue weighted by molar-refractivity contribution is 5.89. The summed E-state index contributed by atoms with van der Waals surface area (Å²) in [5, 5.41) is 5.74. The number of anilines is 1. The van der Waals surface area contributed by atoms with Crippen LogP contribution in [0, 0.1) is 27.3 Å². The zero-order valence-electron chi connectivity index (χ0n) is 25.5. The van der Waals surface area contributed by atoms with E-state index in [1.54, 1.807) is 17.6 Å². The first kappa shape index (κ1) is 31.1. The number of nitrogens with zero attached hydrogens (tertiary/aromatic N) is 3. The molecule has 0 radical (unpaired) electrons. The maximum atomic E-state index is 13.4. The maximum absolute atomic E-state index is 13.4. The molecule has 0 saturated carbocycles. The summed E-state index contributed by atoms with van der Waals surface area (Å²) >= 11 is 0. The lowest BCUT2D eigenvalue weighted by Crippen LogP contribution is -2.29. The number of aromatic nitrogens is 1. The first-order chi connectivity index (χ1) is 20.6. The van der Waals surface area contributed by atoms with Crippen molar-refractivity contribution in [2.75, 3.05) is 32.5 Å². The number of rotatable bonds is 11. The normalized spacial score (nSPS) is 10.8. The van der Waals surface area contributed by atoms with Crippen LogP contribution >= 0.6 is 0 Å². The van der Waals surface area contributed by atoms with Crippen molar-refractivity contribution in [2.45, 2.75) is 40.2 Å². The van der Waals surface area contributed by atoms with E-state index in [4.69, 9.17) is 11.3 Å². The Bertz CT molecular complexity index is 1680. The van der Waals surface area contributed by atoms with Gasteiger partial charge in [0.2, 0.25) is 0 Å². The molecule has 222 valence electrons. The lowest BCUT2D eigenvalue weighted by Gasteiger charge is -2.17. The van der Waals surface area contributed by atoms with Gasteiger partial charge in [-0.05, 0) is 119 Å². The smallest absolute Gasteiger partial charge is 0.319 e. The lowest BCUT2D eigenvalue weighted by molar-refractivity contribution is 0.251. The number of pyridine rings is 1. The van der Waals surface area contributed by atoms with E-state index in [2.05, 4.69) is 26.4 Å². The molecule has 0 unspecified atom stereocenters. The second-order valence-electron chi connectivity index (χ2n) is 11.0. The molecule has 0 atom stereocenters. The summed E-state index contributed by atoms with van der Waals surface area (Å²) in [7, 11) is 4.07. The largest absolute Gasteiger partial charge is 0.457 e. The summed E-state index contributed by atoms with van der Waals surface area (Å²) in [6.45, 7) is 15.4. The predicted octanol–water partition coefficient (Wildman–Crippen LogP) is 7.30. The molecule has 0 aliphatic carbocycles. The summed E-state index contributed by atoms with van der Waals surface area (Å²) in [4.78, 5) is 31.4. The van der Waals surface area contributed by atoms with Crippen LogP contribution in [0.2, 0.25) is 0 Å². The molecule has 0 spiro atoms. The Morgan fingerprint density at radius 3 is 2.40 bits per heavy atom. The third kappa shape index (κ3) is 8.34. The van der Waals surface area contributed by atoms with Crippen molar-refractivity contribution in [3.63, 3.8) is 0 Å². The number of amides is 2. The molecule has 0 fully saturated rings. The van der Waals surface area contributed by atoms with Gasteiger partial charge in [-0.1, -0.05) is 29.8 Å².